The highest BCUT2D eigenvalue weighted by Gasteiger charge is 2.16. The summed E-state index contributed by atoms with van der Waals surface area (Å²) < 4.78 is 6.39. The van der Waals surface area contributed by atoms with Crippen LogP contribution in [-0.2, 0) is 0 Å². The maximum Gasteiger partial charge on any atom is 0.125 e. The SMILES string of the molecule is COc1cc(Br)ccc1C(Cl)c1ccc(C)c(C)c1. The summed E-state index contributed by atoms with van der Waals surface area (Å²) in [5, 5.41) is -0.206. The summed E-state index contributed by atoms with van der Waals surface area (Å²) >= 11 is 10.0. The van der Waals surface area contributed by atoms with Gasteiger partial charge in [0.1, 0.15) is 5.75 Å². The molecule has 0 aliphatic rings. The predicted octanol–water partition coefficient (Wildman–Crippen LogP) is 5.40. The van der Waals surface area contributed by atoms with Gasteiger partial charge in [-0.2, -0.15) is 0 Å². The van der Waals surface area contributed by atoms with Crippen LogP contribution in [0.2, 0.25) is 0 Å². The van der Waals surface area contributed by atoms with Crippen LogP contribution in [-0.4, -0.2) is 7.11 Å². The van der Waals surface area contributed by atoms with Crippen molar-refractivity contribution in [2.75, 3.05) is 7.11 Å². The third-order valence-corrected chi connectivity index (χ3v) is 4.27. The fraction of sp³-hybridized carbons (Fsp3) is 0.250. The lowest BCUT2D eigenvalue weighted by atomic mass is 9.99. The number of aryl methyl sites for hydroxylation is 2. The number of hydrogen-bond donors (Lipinski definition) is 0. The second kappa shape index (κ2) is 5.98. The van der Waals surface area contributed by atoms with Crippen LogP contribution in [0.1, 0.15) is 27.6 Å². The Labute approximate surface area is 127 Å². The van der Waals surface area contributed by atoms with E-state index in [4.69, 9.17) is 16.3 Å². The topological polar surface area (TPSA) is 9.23 Å². The molecular weight excluding hydrogens is 324 g/mol. The zero-order valence-corrected chi connectivity index (χ0v) is 13.5. The molecule has 100 valence electrons. The van der Waals surface area contributed by atoms with E-state index >= 15 is 0 Å². The number of alkyl halides is 1. The zero-order chi connectivity index (χ0) is 14.0. The second-order valence-corrected chi connectivity index (χ2v) is 5.94. The van der Waals surface area contributed by atoms with Crippen molar-refractivity contribution in [3.63, 3.8) is 0 Å². The average molecular weight is 340 g/mol. The fourth-order valence-electron chi connectivity index (χ4n) is 2.00. The minimum absolute atomic E-state index is 0.206. The van der Waals surface area contributed by atoms with Crippen molar-refractivity contribution < 1.29 is 4.74 Å². The molecule has 0 heterocycles. The Morgan fingerprint density at radius 1 is 1.05 bits per heavy atom. The lowest BCUT2D eigenvalue weighted by Gasteiger charge is -2.16. The van der Waals surface area contributed by atoms with Crippen molar-refractivity contribution in [2.45, 2.75) is 19.2 Å². The van der Waals surface area contributed by atoms with E-state index in [0.717, 1.165) is 21.3 Å². The molecule has 0 bridgehead atoms. The molecule has 2 aromatic carbocycles. The first kappa shape index (κ1) is 14.4. The van der Waals surface area contributed by atoms with Crippen LogP contribution in [0.25, 0.3) is 0 Å². The van der Waals surface area contributed by atoms with Gasteiger partial charge in [-0.1, -0.05) is 40.2 Å². The molecule has 3 heteroatoms. The highest BCUT2D eigenvalue weighted by atomic mass is 79.9. The quantitative estimate of drug-likeness (QED) is 0.680. The summed E-state index contributed by atoms with van der Waals surface area (Å²) in [5.74, 6) is 0.799. The van der Waals surface area contributed by atoms with E-state index in [-0.39, 0.29) is 5.38 Å². The molecule has 0 N–H and O–H groups in total. The van der Waals surface area contributed by atoms with E-state index in [0.29, 0.717) is 0 Å². The van der Waals surface area contributed by atoms with Gasteiger partial charge in [-0.25, -0.2) is 0 Å². The second-order valence-electron chi connectivity index (χ2n) is 4.59. The number of hydrogen-bond acceptors (Lipinski definition) is 1. The molecule has 0 spiro atoms. The standard InChI is InChI=1S/C16H16BrClO/c1-10-4-5-12(8-11(10)2)16(18)14-7-6-13(17)9-15(14)19-3/h4-9,16H,1-3H3. The van der Waals surface area contributed by atoms with Gasteiger partial charge in [0.2, 0.25) is 0 Å². The molecule has 1 atom stereocenters. The summed E-state index contributed by atoms with van der Waals surface area (Å²) in [4.78, 5) is 0. The van der Waals surface area contributed by atoms with Gasteiger partial charge in [-0.05, 0) is 42.7 Å². The smallest absolute Gasteiger partial charge is 0.125 e. The summed E-state index contributed by atoms with van der Waals surface area (Å²) in [6.07, 6.45) is 0. The molecule has 0 fully saturated rings. The highest BCUT2D eigenvalue weighted by Crippen LogP contribution is 2.36. The normalized spacial score (nSPS) is 12.3. The van der Waals surface area contributed by atoms with E-state index in [9.17, 15) is 0 Å². The van der Waals surface area contributed by atoms with Crippen LogP contribution in [0.5, 0.6) is 5.75 Å². The van der Waals surface area contributed by atoms with E-state index < -0.39 is 0 Å². The van der Waals surface area contributed by atoms with Gasteiger partial charge in [-0.15, -0.1) is 11.6 Å². The van der Waals surface area contributed by atoms with Crippen LogP contribution in [0.4, 0.5) is 0 Å². The highest BCUT2D eigenvalue weighted by molar-refractivity contribution is 9.10. The molecule has 0 aliphatic heterocycles. The number of ether oxygens (including phenoxy) is 1. The van der Waals surface area contributed by atoms with Crippen molar-refractivity contribution in [1.82, 2.24) is 0 Å². The van der Waals surface area contributed by atoms with Crippen LogP contribution in [0.3, 0.4) is 0 Å². The Morgan fingerprint density at radius 3 is 2.42 bits per heavy atom. The molecule has 0 saturated heterocycles. The first-order valence-corrected chi connectivity index (χ1v) is 7.30. The number of methoxy groups -OCH3 is 1. The molecule has 1 unspecified atom stereocenters. The molecule has 2 aromatic rings. The van der Waals surface area contributed by atoms with Gasteiger partial charge in [0.25, 0.3) is 0 Å². The Hall–Kier alpha value is -0.990. The Morgan fingerprint density at radius 2 is 1.79 bits per heavy atom. The van der Waals surface area contributed by atoms with Gasteiger partial charge in [0.05, 0.1) is 12.5 Å². The van der Waals surface area contributed by atoms with Crippen molar-refractivity contribution >= 4 is 27.5 Å². The largest absolute Gasteiger partial charge is 0.496 e. The Balaban J connectivity index is 2.43. The zero-order valence-electron chi connectivity index (χ0n) is 11.2. The predicted molar refractivity (Wildman–Crippen MR) is 84.3 cm³/mol. The summed E-state index contributed by atoms with van der Waals surface area (Å²) in [6, 6.07) is 12.2. The Bertz CT molecular complexity index is 595. The maximum absolute atomic E-state index is 6.60. The first-order chi connectivity index (χ1) is 9.02. The van der Waals surface area contributed by atoms with Crippen molar-refractivity contribution in [3.05, 3.63) is 63.1 Å². The van der Waals surface area contributed by atoms with Gasteiger partial charge in [0.15, 0.2) is 0 Å². The number of benzene rings is 2. The molecule has 0 radical (unpaired) electrons. The third-order valence-electron chi connectivity index (χ3n) is 3.29. The van der Waals surface area contributed by atoms with Crippen LogP contribution < -0.4 is 4.74 Å². The lowest BCUT2D eigenvalue weighted by Crippen LogP contribution is -1.98. The molecular formula is C16H16BrClO. The monoisotopic (exact) mass is 338 g/mol. The number of rotatable bonds is 3. The molecule has 0 amide bonds. The van der Waals surface area contributed by atoms with Crippen LogP contribution in [0, 0.1) is 13.8 Å². The third kappa shape index (κ3) is 3.13. The lowest BCUT2D eigenvalue weighted by molar-refractivity contribution is 0.410. The van der Waals surface area contributed by atoms with Gasteiger partial charge in [-0.3, -0.25) is 0 Å². The van der Waals surface area contributed by atoms with Gasteiger partial charge < -0.3 is 4.74 Å². The number of halogens is 2. The van der Waals surface area contributed by atoms with E-state index in [1.165, 1.54) is 11.1 Å². The summed E-state index contributed by atoms with van der Waals surface area (Å²) in [7, 11) is 1.66. The van der Waals surface area contributed by atoms with Crippen molar-refractivity contribution in [1.29, 1.82) is 0 Å². The molecule has 2 rings (SSSR count). The molecule has 0 aliphatic carbocycles. The van der Waals surface area contributed by atoms with E-state index in [1.807, 2.05) is 18.2 Å². The summed E-state index contributed by atoms with van der Waals surface area (Å²) in [6.45, 7) is 4.20. The first-order valence-electron chi connectivity index (χ1n) is 6.07. The van der Waals surface area contributed by atoms with Crippen molar-refractivity contribution in [2.24, 2.45) is 0 Å². The molecule has 0 saturated carbocycles. The maximum atomic E-state index is 6.60. The average Bonchev–Trinajstić information content (AvgIpc) is 2.41. The molecule has 1 nitrogen and oxygen atoms in total. The van der Waals surface area contributed by atoms with Crippen LogP contribution in [0.15, 0.2) is 40.9 Å². The molecule has 19 heavy (non-hydrogen) atoms. The van der Waals surface area contributed by atoms with E-state index in [1.54, 1.807) is 7.11 Å². The molecule has 0 aromatic heterocycles. The fourth-order valence-corrected chi connectivity index (χ4v) is 2.65. The van der Waals surface area contributed by atoms with Crippen LogP contribution >= 0.6 is 27.5 Å². The van der Waals surface area contributed by atoms with Crippen molar-refractivity contribution in [3.8, 4) is 5.75 Å². The van der Waals surface area contributed by atoms with E-state index in [2.05, 4.69) is 48.0 Å². The Kier molecular flexibility index (Phi) is 4.54. The minimum atomic E-state index is -0.206. The summed E-state index contributed by atoms with van der Waals surface area (Å²) in [5.41, 5.74) is 4.59. The van der Waals surface area contributed by atoms with Gasteiger partial charge in [0, 0.05) is 10.0 Å². The minimum Gasteiger partial charge on any atom is -0.496 e. The van der Waals surface area contributed by atoms with Gasteiger partial charge >= 0.3 is 0 Å².